The summed E-state index contributed by atoms with van der Waals surface area (Å²) in [6.07, 6.45) is 1.84. The van der Waals surface area contributed by atoms with E-state index in [0.717, 1.165) is 22.6 Å². The first-order valence-corrected chi connectivity index (χ1v) is 6.53. The predicted molar refractivity (Wildman–Crippen MR) is 78.9 cm³/mol. The summed E-state index contributed by atoms with van der Waals surface area (Å²) < 4.78 is 7.23. The first kappa shape index (κ1) is 13.9. The van der Waals surface area contributed by atoms with Crippen LogP contribution in [0.25, 0.3) is 11.2 Å². The standard InChI is InChI=1S/C13H18N4OS/c1-8-4-10-13(15-5-8)17(6-9(2)12(14)19)11(16-10)7-18-3/h4-5,9H,6-7H2,1-3H3,(H2,14,19). The van der Waals surface area contributed by atoms with E-state index < -0.39 is 0 Å². The molecule has 0 fully saturated rings. The van der Waals surface area contributed by atoms with Gasteiger partial charge in [0.2, 0.25) is 0 Å². The first-order chi connectivity index (χ1) is 9.02. The topological polar surface area (TPSA) is 66.0 Å². The van der Waals surface area contributed by atoms with Crippen LogP contribution >= 0.6 is 12.2 Å². The Morgan fingerprint density at radius 2 is 2.32 bits per heavy atom. The Labute approximate surface area is 117 Å². The van der Waals surface area contributed by atoms with Crippen LogP contribution in [0.2, 0.25) is 0 Å². The number of ether oxygens (including phenoxy) is 1. The van der Waals surface area contributed by atoms with Crippen LogP contribution in [0.15, 0.2) is 12.3 Å². The minimum atomic E-state index is 0.0890. The lowest BCUT2D eigenvalue weighted by Gasteiger charge is -2.13. The number of nitrogens with two attached hydrogens (primary N) is 1. The van der Waals surface area contributed by atoms with Gasteiger partial charge in [-0.2, -0.15) is 0 Å². The van der Waals surface area contributed by atoms with Crippen molar-refractivity contribution < 1.29 is 4.74 Å². The van der Waals surface area contributed by atoms with Crippen molar-refractivity contribution in [1.82, 2.24) is 14.5 Å². The molecule has 0 radical (unpaired) electrons. The average molecular weight is 278 g/mol. The van der Waals surface area contributed by atoms with Gasteiger partial charge in [-0.25, -0.2) is 9.97 Å². The molecule has 0 aromatic carbocycles. The summed E-state index contributed by atoms with van der Waals surface area (Å²) in [6, 6.07) is 2.02. The smallest absolute Gasteiger partial charge is 0.160 e. The number of nitrogens with zero attached hydrogens (tertiary/aromatic N) is 3. The highest BCUT2D eigenvalue weighted by Crippen LogP contribution is 2.18. The van der Waals surface area contributed by atoms with Gasteiger partial charge >= 0.3 is 0 Å². The average Bonchev–Trinajstić information content (AvgIpc) is 2.67. The lowest BCUT2D eigenvalue weighted by molar-refractivity contribution is 0.174. The van der Waals surface area contributed by atoms with Crippen molar-refractivity contribution in [2.45, 2.75) is 27.0 Å². The third-order valence-electron chi connectivity index (χ3n) is 3.02. The first-order valence-electron chi connectivity index (χ1n) is 6.13. The molecular formula is C13H18N4OS. The molecule has 2 rings (SSSR count). The van der Waals surface area contributed by atoms with Gasteiger partial charge < -0.3 is 15.0 Å². The van der Waals surface area contributed by atoms with Gasteiger partial charge in [-0.05, 0) is 18.6 Å². The summed E-state index contributed by atoms with van der Waals surface area (Å²) in [4.78, 5) is 9.52. The zero-order chi connectivity index (χ0) is 14.0. The van der Waals surface area contributed by atoms with Crippen molar-refractivity contribution in [3.05, 3.63) is 23.7 Å². The number of aromatic nitrogens is 3. The fourth-order valence-electron chi connectivity index (χ4n) is 1.95. The van der Waals surface area contributed by atoms with Crippen LogP contribution in [0.1, 0.15) is 18.3 Å². The molecule has 0 amide bonds. The molecule has 0 bridgehead atoms. The maximum Gasteiger partial charge on any atom is 0.160 e. The Morgan fingerprint density at radius 1 is 1.58 bits per heavy atom. The number of thiocarbonyl (C=S) groups is 1. The van der Waals surface area contributed by atoms with Crippen molar-refractivity contribution in [3.8, 4) is 0 Å². The van der Waals surface area contributed by atoms with Crippen LogP contribution in [-0.4, -0.2) is 26.6 Å². The monoisotopic (exact) mass is 278 g/mol. The minimum absolute atomic E-state index is 0.0890. The summed E-state index contributed by atoms with van der Waals surface area (Å²) in [6.45, 7) is 5.11. The molecule has 1 atom stereocenters. The maximum atomic E-state index is 5.69. The molecule has 0 aliphatic carbocycles. The van der Waals surface area contributed by atoms with E-state index in [1.807, 2.05) is 30.7 Å². The van der Waals surface area contributed by atoms with Gasteiger partial charge in [0.1, 0.15) is 17.9 Å². The maximum absolute atomic E-state index is 5.69. The second-order valence-electron chi connectivity index (χ2n) is 4.73. The Balaban J connectivity index is 2.48. The normalized spacial score (nSPS) is 12.8. The summed E-state index contributed by atoms with van der Waals surface area (Å²) in [5, 5.41) is 0. The van der Waals surface area contributed by atoms with E-state index in [4.69, 9.17) is 22.7 Å². The molecule has 6 heteroatoms. The molecular weight excluding hydrogens is 260 g/mol. The van der Waals surface area contributed by atoms with Gasteiger partial charge in [0.25, 0.3) is 0 Å². The summed E-state index contributed by atoms with van der Waals surface area (Å²) in [7, 11) is 1.65. The molecule has 0 saturated heterocycles. The highest BCUT2D eigenvalue weighted by molar-refractivity contribution is 7.80. The number of hydrogen-bond donors (Lipinski definition) is 1. The van der Waals surface area contributed by atoms with Gasteiger partial charge in [0, 0.05) is 25.8 Å². The second kappa shape index (κ2) is 5.63. The van der Waals surface area contributed by atoms with E-state index in [1.54, 1.807) is 7.11 Å². The number of hydrogen-bond acceptors (Lipinski definition) is 4. The molecule has 5 nitrogen and oxygen atoms in total. The Bertz CT molecular complexity index is 608. The van der Waals surface area contributed by atoms with Crippen molar-refractivity contribution in [1.29, 1.82) is 0 Å². The van der Waals surface area contributed by atoms with Crippen molar-refractivity contribution in [2.24, 2.45) is 11.7 Å². The van der Waals surface area contributed by atoms with E-state index in [-0.39, 0.29) is 5.92 Å². The quantitative estimate of drug-likeness (QED) is 0.845. The fourth-order valence-corrected chi connectivity index (χ4v) is 2.03. The Morgan fingerprint density at radius 3 is 2.95 bits per heavy atom. The highest BCUT2D eigenvalue weighted by Gasteiger charge is 2.15. The van der Waals surface area contributed by atoms with Crippen LogP contribution < -0.4 is 5.73 Å². The minimum Gasteiger partial charge on any atom is -0.393 e. The molecule has 19 heavy (non-hydrogen) atoms. The van der Waals surface area contributed by atoms with Crippen LogP contribution in [0.3, 0.4) is 0 Å². The zero-order valence-electron chi connectivity index (χ0n) is 11.4. The van der Waals surface area contributed by atoms with E-state index in [1.165, 1.54) is 0 Å². The van der Waals surface area contributed by atoms with Gasteiger partial charge in [0.15, 0.2) is 5.65 Å². The number of methoxy groups -OCH3 is 1. The van der Waals surface area contributed by atoms with Gasteiger partial charge in [-0.15, -0.1) is 0 Å². The van der Waals surface area contributed by atoms with Gasteiger partial charge in [-0.1, -0.05) is 19.1 Å². The van der Waals surface area contributed by atoms with Crippen LogP contribution in [0.5, 0.6) is 0 Å². The molecule has 102 valence electrons. The zero-order valence-corrected chi connectivity index (χ0v) is 12.2. The summed E-state index contributed by atoms with van der Waals surface area (Å²) in [5.74, 6) is 0.935. The number of aryl methyl sites for hydroxylation is 1. The molecule has 1 unspecified atom stereocenters. The third-order valence-corrected chi connectivity index (χ3v) is 3.42. The highest BCUT2D eigenvalue weighted by atomic mass is 32.1. The third kappa shape index (κ3) is 2.90. The molecule has 2 aromatic rings. The summed E-state index contributed by atoms with van der Waals surface area (Å²) in [5.41, 5.74) is 8.50. The van der Waals surface area contributed by atoms with E-state index in [0.29, 0.717) is 18.1 Å². The lowest BCUT2D eigenvalue weighted by Crippen LogP contribution is -2.24. The predicted octanol–water partition coefficient (Wildman–Crippen LogP) is 1.81. The van der Waals surface area contributed by atoms with Crippen molar-refractivity contribution in [3.63, 3.8) is 0 Å². The molecule has 0 saturated carbocycles. The van der Waals surface area contributed by atoms with Crippen LogP contribution in [-0.2, 0) is 17.9 Å². The molecule has 0 spiro atoms. The molecule has 2 aromatic heterocycles. The Kier molecular flexibility index (Phi) is 4.11. The number of imidazole rings is 1. The summed E-state index contributed by atoms with van der Waals surface area (Å²) >= 11 is 5.04. The van der Waals surface area contributed by atoms with E-state index >= 15 is 0 Å². The molecule has 2 heterocycles. The number of fused-ring (bicyclic) bond motifs is 1. The SMILES string of the molecule is COCc1nc2cc(C)cnc2n1CC(C)C(N)=S. The molecule has 0 aliphatic heterocycles. The van der Waals surface area contributed by atoms with Crippen molar-refractivity contribution in [2.75, 3.05) is 7.11 Å². The van der Waals surface area contributed by atoms with Gasteiger partial charge in [0.05, 0.1) is 4.99 Å². The number of rotatable bonds is 5. The second-order valence-corrected chi connectivity index (χ2v) is 5.20. The number of pyridine rings is 1. The Hall–Kier alpha value is -1.53. The van der Waals surface area contributed by atoms with Gasteiger partial charge in [-0.3, -0.25) is 0 Å². The van der Waals surface area contributed by atoms with Crippen LogP contribution in [0, 0.1) is 12.8 Å². The van der Waals surface area contributed by atoms with Crippen molar-refractivity contribution >= 4 is 28.4 Å². The molecule has 2 N–H and O–H groups in total. The largest absolute Gasteiger partial charge is 0.393 e. The van der Waals surface area contributed by atoms with E-state index in [2.05, 4.69) is 9.97 Å². The fraction of sp³-hybridized carbons (Fsp3) is 0.462. The van der Waals surface area contributed by atoms with E-state index in [9.17, 15) is 0 Å². The lowest BCUT2D eigenvalue weighted by atomic mass is 10.2. The van der Waals surface area contributed by atoms with Crippen LogP contribution in [0.4, 0.5) is 0 Å². The molecule has 0 aliphatic rings.